The number of methoxy groups -OCH3 is 1. The molecule has 2 rings (SSSR count). The molecule has 5 nitrogen and oxygen atoms in total. The van der Waals surface area contributed by atoms with Gasteiger partial charge in [-0.05, 0) is 55.7 Å². The number of carbonyl (C=O) groups is 1. The molecule has 1 aromatic carbocycles. The zero-order valence-corrected chi connectivity index (χ0v) is 13.8. The third kappa shape index (κ3) is 5.38. The fourth-order valence-electron chi connectivity index (χ4n) is 2.36. The van der Waals surface area contributed by atoms with Gasteiger partial charge in [0.05, 0.1) is 0 Å². The van der Waals surface area contributed by atoms with Crippen LogP contribution >= 0.6 is 0 Å². The summed E-state index contributed by atoms with van der Waals surface area (Å²) in [6, 6.07) is 9.67. The maximum Gasteiger partial charge on any atom is 0.251 e. The Hall–Kier alpha value is -2.40. The molecule has 0 saturated carbocycles. The lowest BCUT2D eigenvalue weighted by molar-refractivity contribution is 0.0948. The van der Waals surface area contributed by atoms with E-state index < -0.39 is 0 Å². The minimum absolute atomic E-state index is 0.105. The van der Waals surface area contributed by atoms with E-state index in [1.807, 2.05) is 12.1 Å². The highest BCUT2D eigenvalue weighted by molar-refractivity contribution is 5.94. The number of benzene rings is 1. The summed E-state index contributed by atoms with van der Waals surface area (Å²) in [6.07, 6.45) is 2.43. The summed E-state index contributed by atoms with van der Waals surface area (Å²) in [5, 5.41) is 6.11. The van der Waals surface area contributed by atoms with Crippen LogP contribution in [0.3, 0.4) is 0 Å². The first-order valence-corrected chi connectivity index (χ1v) is 7.67. The number of hydrogen-bond acceptors (Lipinski definition) is 4. The van der Waals surface area contributed by atoms with E-state index in [0.29, 0.717) is 24.5 Å². The molecular weight excluding hydrogens is 290 g/mol. The number of carbonyl (C=O) groups excluding carboxylic acids is 1. The van der Waals surface area contributed by atoms with Crippen LogP contribution in [-0.4, -0.2) is 31.2 Å². The van der Waals surface area contributed by atoms with E-state index >= 15 is 0 Å². The SMILES string of the molecule is COCCCNC(=O)c1ccnc(Nc2cc(C)cc(C)c2)c1. The van der Waals surface area contributed by atoms with Crippen molar-refractivity contribution in [3.8, 4) is 0 Å². The maximum atomic E-state index is 12.1. The zero-order chi connectivity index (χ0) is 16.7. The second kappa shape index (κ2) is 8.29. The van der Waals surface area contributed by atoms with Crippen LogP contribution in [0.15, 0.2) is 36.5 Å². The van der Waals surface area contributed by atoms with Gasteiger partial charge in [0, 0.05) is 37.7 Å². The molecule has 0 saturated heterocycles. The molecule has 2 aromatic rings. The Labute approximate surface area is 137 Å². The number of ether oxygens (including phenoxy) is 1. The van der Waals surface area contributed by atoms with Crippen LogP contribution in [0.5, 0.6) is 0 Å². The summed E-state index contributed by atoms with van der Waals surface area (Å²) in [5.41, 5.74) is 3.91. The van der Waals surface area contributed by atoms with Gasteiger partial charge in [-0.2, -0.15) is 0 Å². The van der Waals surface area contributed by atoms with Gasteiger partial charge >= 0.3 is 0 Å². The lowest BCUT2D eigenvalue weighted by Gasteiger charge is -2.10. The highest BCUT2D eigenvalue weighted by Gasteiger charge is 2.07. The maximum absolute atomic E-state index is 12.1. The van der Waals surface area contributed by atoms with Crippen molar-refractivity contribution in [1.82, 2.24) is 10.3 Å². The fraction of sp³-hybridized carbons (Fsp3) is 0.333. The monoisotopic (exact) mass is 313 g/mol. The zero-order valence-electron chi connectivity index (χ0n) is 13.8. The Bertz CT molecular complexity index is 651. The second-order valence-corrected chi connectivity index (χ2v) is 5.53. The normalized spacial score (nSPS) is 10.4. The molecule has 23 heavy (non-hydrogen) atoms. The summed E-state index contributed by atoms with van der Waals surface area (Å²) in [6.45, 7) is 5.33. The fourth-order valence-corrected chi connectivity index (χ4v) is 2.36. The van der Waals surface area contributed by atoms with Gasteiger partial charge in [-0.15, -0.1) is 0 Å². The molecule has 0 bridgehead atoms. The van der Waals surface area contributed by atoms with Gasteiger partial charge in [-0.1, -0.05) is 6.07 Å². The van der Waals surface area contributed by atoms with Crippen LogP contribution in [0.2, 0.25) is 0 Å². The van der Waals surface area contributed by atoms with Gasteiger partial charge in [-0.25, -0.2) is 4.98 Å². The minimum Gasteiger partial charge on any atom is -0.385 e. The predicted molar refractivity (Wildman–Crippen MR) is 92.3 cm³/mol. The van der Waals surface area contributed by atoms with Crippen LogP contribution in [-0.2, 0) is 4.74 Å². The summed E-state index contributed by atoms with van der Waals surface area (Å²) >= 11 is 0. The minimum atomic E-state index is -0.105. The van der Waals surface area contributed by atoms with Gasteiger partial charge in [-0.3, -0.25) is 4.79 Å². The van der Waals surface area contributed by atoms with Crippen molar-refractivity contribution in [3.05, 3.63) is 53.2 Å². The van der Waals surface area contributed by atoms with Crippen molar-refractivity contribution in [1.29, 1.82) is 0 Å². The third-order valence-corrected chi connectivity index (χ3v) is 3.33. The lowest BCUT2D eigenvalue weighted by Crippen LogP contribution is -2.25. The van der Waals surface area contributed by atoms with Crippen molar-refractivity contribution in [2.24, 2.45) is 0 Å². The van der Waals surface area contributed by atoms with Crippen LogP contribution in [0.4, 0.5) is 11.5 Å². The number of amides is 1. The number of aryl methyl sites for hydroxylation is 2. The van der Waals surface area contributed by atoms with E-state index in [9.17, 15) is 4.79 Å². The molecule has 0 aliphatic heterocycles. The van der Waals surface area contributed by atoms with Gasteiger partial charge in [0.25, 0.3) is 5.91 Å². The van der Waals surface area contributed by atoms with E-state index in [0.717, 1.165) is 12.1 Å². The summed E-state index contributed by atoms with van der Waals surface area (Å²) in [7, 11) is 1.65. The molecule has 0 spiro atoms. The highest BCUT2D eigenvalue weighted by atomic mass is 16.5. The topological polar surface area (TPSA) is 63.2 Å². The number of aromatic nitrogens is 1. The van der Waals surface area contributed by atoms with Crippen molar-refractivity contribution in [3.63, 3.8) is 0 Å². The molecule has 2 N–H and O–H groups in total. The standard InChI is InChI=1S/C18H23N3O2/c1-13-9-14(2)11-16(10-13)21-17-12-15(5-7-19-17)18(22)20-6-4-8-23-3/h5,7,9-12H,4,6,8H2,1-3H3,(H,19,21)(H,20,22). The Morgan fingerprint density at radius 2 is 1.91 bits per heavy atom. The van der Waals surface area contributed by atoms with Crippen LogP contribution in [0.1, 0.15) is 27.9 Å². The first kappa shape index (κ1) is 17.0. The van der Waals surface area contributed by atoms with Gasteiger partial charge in [0.15, 0.2) is 0 Å². The highest BCUT2D eigenvalue weighted by Crippen LogP contribution is 2.18. The second-order valence-electron chi connectivity index (χ2n) is 5.53. The first-order chi connectivity index (χ1) is 11.1. The first-order valence-electron chi connectivity index (χ1n) is 7.67. The molecule has 5 heteroatoms. The van der Waals surface area contributed by atoms with Crippen molar-refractivity contribution in [2.45, 2.75) is 20.3 Å². The van der Waals surface area contributed by atoms with Crippen molar-refractivity contribution in [2.75, 3.05) is 25.6 Å². The average molecular weight is 313 g/mol. The summed E-state index contributed by atoms with van der Waals surface area (Å²) in [5.74, 6) is 0.548. The van der Waals surface area contributed by atoms with Crippen LogP contribution in [0.25, 0.3) is 0 Å². The molecule has 122 valence electrons. The molecule has 0 aliphatic carbocycles. The van der Waals surface area contributed by atoms with E-state index in [1.54, 1.807) is 25.4 Å². The largest absolute Gasteiger partial charge is 0.385 e. The van der Waals surface area contributed by atoms with Crippen LogP contribution in [0, 0.1) is 13.8 Å². The quantitative estimate of drug-likeness (QED) is 0.771. The Balaban J connectivity index is 2.03. The molecule has 0 unspecified atom stereocenters. The van der Waals surface area contributed by atoms with E-state index in [1.165, 1.54) is 11.1 Å². The Morgan fingerprint density at radius 1 is 1.17 bits per heavy atom. The number of hydrogen-bond donors (Lipinski definition) is 2. The summed E-state index contributed by atoms with van der Waals surface area (Å²) in [4.78, 5) is 16.4. The average Bonchev–Trinajstić information content (AvgIpc) is 2.50. The molecule has 1 aromatic heterocycles. The Kier molecular flexibility index (Phi) is 6.11. The van der Waals surface area contributed by atoms with Crippen molar-refractivity contribution >= 4 is 17.4 Å². The molecule has 1 amide bonds. The lowest BCUT2D eigenvalue weighted by atomic mass is 10.1. The predicted octanol–water partition coefficient (Wildman–Crippen LogP) is 3.21. The summed E-state index contributed by atoms with van der Waals surface area (Å²) < 4.78 is 4.96. The van der Waals surface area contributed by atoms with Gasteiger partial charge in [0.2, 0.25) is 0 Å². The van der Waals surface area contributed by atoms with E-state index in [4.69, 9.17) is 4.74 Å². The van der Waals surface area contributed by atoms with Crippen LogP contribution < -0.4 is 10.6 Å². The molecule has 0 atom stereocenters. The number of nitrogens with zero attached hydrogens (tertiary/aromatic N) is 1. The molecule has 0 radical (unpaired) electrons. The van der Waals surface area contributed by atoms with Gasteiger partial charge < -0.3 is 15.4 Å². The van der Waals surface area contributed by atoms with Crippen molar-refractivity contribution < 1.29 is 9.53 Å². The molecule has 0 aliphatic rings. The molecular formula is C18H23N3O2. The third-order valence-electron chi connectivity index (χ3n) is 3.33. The molecule has 1 heterocycles. The molecule has 0 fully saturated rings. The smallest absolute Gasteiger partial charge is 0.251 e. The van der Waals surface area contributed by atoms with E-state index in [-0.39, 0.29) is 5.91 Å². The van der Waals surface area contributed by atoms with E-state index in [2.05, 4.69) is 35.5 Å². The number of pyridine rings is 1. The number of rotatable bonds is 7. The number of anilines is 2. The number of nitrogens with one attached hydrogen (secondary N) is 2. The Morgan fingerprint density at radius 3 is 2.61 bits per heavy atom. The van der Waals surface area contributed by atoms with Gasteiger partial charge in [0.1, 0.15) is 5.82 Å².